The largest absolute Gasteiger partial charge is 0.488 e. The van der Waals surface area contributed by atoms with Crippen LogP contribution in [0.1, 0.15) is 5.56 Å². The van der Waals surface area contributed by atoms with Gasteiger partial charge < -0.3 is 4.74 Å². The van der Waals surface area contributed by atoms with Gasteiger partial charge in [-0.1, -0.05) is 60.7 Å². The Labute approximate surface area is 181 Å². The zero-order valence-electron chi connectivity index (χ0n) is 16.2. The summed E-state index contributed by atoms with van der Waals surface area (Å²) in [6.45, 7) is 0.509. The molecule has 0 fully saturated rings. The van der Waals surface area contributed by atoms with Crippen LogP contribution in [0.2, 0.25) is 0 Å². The molecule has 0 N–H and O–H groups in total. The minimum atomic E-state index is -4.94. The average Bonchev–Trinajstić information content (AvgIpc) is 2.78. The molecule has 1 aromatic heterocycles. The summed E-state index contributed by atoms with van der Waals surface area (Å²) in [6.07, 6.45) is 0. The number of rotatable bonds is 2. The van der Waals surface area contributed by atoms with E-state index in [2.05, 4.69) is 48.5 Å². The number of halogens is 1. The van der Waals surface area contributed by atoms with Crippen molar-refractivity contribution < 1.29 is 38.0 Å². The number of para-hydroxylation sites is 1. The van der Waals surface area contributed by atoms with Crippen LogP contribution in [0.3, 0.4) is 0 Å². The van der Waals surface area contributed by atoms with Crippen molar-refractivity contribution in [2.24, 2.45) is 0 Å². The highest BCUT2D eigenvalue weighted by Gasteiger charge is 2.32. The Kier molecular flexibility index (Phi) is 5.99. The molecule has 1 aliphatic heterocycles. The van der Waals surface area contributed by atoms with Gasteiger partial charge in [-0.05, 0) is 29.8 Å². The monoisotopic (exact) mass is 436 g/mol. The smallest absolute Gasteiger partial charge is 0.371 e. The maximum Gasteiger partial charge on any atom is 0.371 e. The van der Waals surface area contributed by atoms with Gasteiger partial charge in [0.1, 0.15) is 23.5 Å². The summed E-state index contributed by atoms with van der Waals surface area (Å²) in [4.78, 5) is 0. The predicted molar refractivity (Wildman–Crippen MR) is 104 cm³/mol. The van der Waals surface area contributed by atoms with E-state index < -0.39 is 10.2 Å². The van der Waals surface area contributed by atoms with Crippen LogP contribution in [0, 0.1) is 10.2 Å². The first-order valence-electron chi connectivity index (χ1n) is 9.35. The van der Waals surface area contributed by atoms with Crippen LogP contribution in [-0.4, -0.2) is 0 Å². The Balaban J connectivity index is 0.000000418. The first-order valence-corrected chi connectivity index (χ1v) is 10.6. The van der Waals surface area contributed by atoms with Crippen molar-refractivity contribution in [1.82, 2.24) is 0 Å². The van der Waals surface area contributed by atoms with Crippen LogP contribution >= 0.6 is 0 Å². The molecule has 4 aromatic rings. The van der Waals surface area contributed by atoms with Gasteiger partial charge in [0.2, 0.25) is 0 Å². The predicted octanol–water partition coefficient (Wildman–Crippen LogP) is 1.70. The van der Waals surface area contributed by atoms with Crippen molar-refractivity contribution in [3.8, 4) is 39.5 Å². The van der Waals surface area contributed by atoms with E-state index in [0.717, 1.165) is 39.5 Å². The van der Waals surface area contributed by atoms with E-state index in [1.54, 1.807) is 0 Å². The van der Waals surface area contributed by atoms with Crippen molar-refractivity contribution >= 4 is 0 Å². The van der Waals surface area contributed by atoms with E-state index in [1.807, 2.05) is 42.5 Å². The summed E-state index contributed by atoms with van der Waals surface area (Å²) in [7, 11) is -4.94. The van der Waals surface area contributed by atoms with Gasteiger partial charge in [0, 0.05) is 5.56 Å². The number of fused-ring (bicyclic) bond motifs is 3. The molecule has 31 heavy (non-hydrogen) atoms. The Bertz CT molecular complexity index is 1150. The molecule has 0 atom stereocenters. The number of hydrogen-bond donors (Lipinski definition) is 0. The van der Waals surface area contributed by atoms with Crippen LogP contribution in [-0.2, 0) is 6.61 Å². The quantitative estimate of drug-likeness (QED) is 0.442. The fourth-order valence-electron chi connectivity index (χ4n) is 3.45. The zero-order valence-corrected chi connectivity index (χ0v) is 17.0. The Morgan fingerprint density at radius 3 is 1.87 bits per heavy atom. The maximum absolute atomic E-state index is 8.49. The standard InChI is InChI=1S/C24H17O2.ClHO4/c1-3-9-17(10-4-1)20-15-23(18-11-5-2-6-12-18)26-24-19-13-7-8-14-22(19)25-16-21(20)24;2-1(3,4)5/h1-15H,16H2;(H,2,3,4,5)/q+1;/p-1. The SMILES string of the molecule is [O-][Cl+3]([O-])([O-])[O-].c1ccc(-c2cc(-c3ccccc3)c3c([o+]2)-c2ccccc2OC3)cc1. The van der Waals surface area contributed by atoms with Gasteiger partial charge >= 0.3 is 11.5 Å². The van der Waals surface area contributed by atoms with Crippen LogP contribution in [0.15, 0.2) is 95.4 Å². The first-order chi connectivity index (χ1) is 14.9. The molecule has 2 heterocycles. The summed E-state index contributed by atoms with van der Waals surface area (Å²) >= 11 is 0. The lowest BCUT2D eigenvalue weighted by Gasteiger charge is -2.17. The molecule has 0 amide bonds. The summed E-state index contributed by atoms with van der Waals surface area (Å²) in [5.74, 6) is 2.62. The second-order valence-electron chi connectivity index (χ2n) is 6.73. The summed E-state index contributed by atoms with van der Waals surface area (Å²) < 4.78 is 46.4. The summed E-state index contributed by atoms with van der Waals surface area (Å²) in [5.41, 5.74) is 5.48. The lowest BCUT2D eigenvalue weighted by atomic mass is 9.94. The molecule has 0 bridgehead atoms. The van der Waals surface area contributed by atoms with Gasteiger partial charge in [-0.3, -0.25) is 0 Å². The average molecular weight is 437 g/mol. The van der Waals surface area contributed by atoms with Gasteiger partial charge in [-0.25, -0.2) is 23.1 Å². The van der Waals surface area contributed by atoms with E-state index in [9.17, 15) is 0 Å². The molecule has 0 radical (unpaired) electrons. The molecule has 0 unspecified atom stereocenters. The van der Waals surface area contributed by atoms with Crippen LogP contribution < -0.4 is 23.4 Å². The number of ether oxygens (including phenoxy) is 1. The third kappa shape index (κ3) is 5.08. The third-order valence-electron chi connectivity index (χ3n) is 4.73. The summed E-state index contributed by atoms with van der Waals surface area (Å²) in [5, 5.41) is 0. The molecule has 1 aliphatic rings. The molecule has 7 heteroatoms. The molecular weight excluding hydrogens is 420 g/mol. The zero-order chi connectivity index (χ0) is 21.8. The first kappa shape index (κ1) is 21.0. The highest BCUT2D eigenvalue weighted by atomic mass is 35.7. The fourth-order valence-corrected chi connectivity index (χ4v) is 3.45. The molecule has 6 nitrogen and oxygen atoms in total. The minimum Gasteiger partial charge on any atom is -0.488 e. The highest BCUT2D eigenvalue weighted by molar-refractivity contribution is 5.81. The van der Waals surface area contributed by atoms with Crippen LogP contribution in [0.25, 0.3) is 33.8 Å². The molecule has 0 aliphatic carbocycles. The Hall–Kier alpha value is -3.26. The maximum atomic E-state index is 8.49. The van der Waals surface area contributed by atoms with Gasteiger partial charge in [-0.2, -0.15) is 0 Å². The lowest BCUT2D eigenvalue weighted by molar-refractivity contribution is -2.00. The topological polar surface area (TPSA) is 113 Å². The molecule has 3 aromatic carbocycles. The van der Waals surface area contributed by atoms with Crippen LogP contribution in [0.4, 0.5) is 0 Å². The van der Waals surface area contributed by atoms with Gasteiger partial charge in [0.25, 0.3) is 0 Å². The van der Waals surface area contributed by atoms with Crippen molar-refractivity contribution in [3.05, 3.63) is 96.6 Å². The Morgan fingerprint density at radius 2 is 1.23 bits per heavy atom. The number of hydrogen-bond acceptors (Lipinski definition) is 5. The summed E-state index contributed by atoms with van der Waals surface area (Å²) in [6, 6.07) is 30.8. The molecule has 5 rings (SSSR count). The van der Waals surface area contributed by atoms with E-state index in [1.165, 1.54) is 5.56 Å². The molecule has 0 saturated heterocycles. The molecule has 0 saturated carbocycles. The van der Waals surface area contributed by atoms with Gasteiger partial charge in [0.15, 0.2) is 0 Å². The van der Waals surface area contributed by atoms with E-state index in [0.29, 0.717) is 6.61 Å². The molecular formula is C24H17ClO6. The van der Waals surface area contributed by atoms with Crippen molar-refractivity contribution in [2.45, 2.75) is 6.61 Å². The van der Waals surface area contributed by atoms with Crippen molar-refractivity contribution in [3.63, 3.8) is 0 Å². The van der Waals surface area contributed by atoms with Crippen molar-refractivity contribution in [1.29, 1.82) is 0 Å². The number of benzene rings is 3. The minimum absolute atomic E-state index is 0.509. The van der Waals surface area contributed by atoms with E-state index in [4.69, 9.17) is 27.8 Å². The van der Waals surface area contributed by atoms with E-state index >= 15 is 0 Å². The fraction of sp³-hybridized carbons (Fsp3) is 0.0417. The molecule has 156 valence electrons. The normalized spacial score (nSPS) is 12.0. The molecule has 0 spiro atoms. The second kappa shape index (κ2) is 8.85. The van der Waals surface area contributed by atoms with Gasteiger partial charge in [0.05, 0.1) is 11.6 Å². The Morgan fingerprint density at radius 1 is 0.677 bits per heavy atom. The van der Waals surface area contributed by atoms with Gasteiger partial charge in [-0.15, -0.1) is 10.2 Å². The van der Waals surface area contributed by atoms with E-state index in [-0.39, 0.29) is 0 Å². The van der Waals surface area contributed by atoms with Crippen molar-refractivity contribution in [2.75, 3.05) is 0 Å². The third-order valence-corrected chi connectivity index (χ3v) is 4.73. The highest BCUT2D eigenvalue weighted by Crippen LogP contribution is 2.43. The second-order valence-corrected chi connectivity index (χ2v) is 7.48. The lowest BCUT2D eigenvalue weighted by Crippen LogP contribution is -2.68. The van der Waals surface area contributed by atoms with Crippen LogP contribution in [0.5, 0.6) is 5.75 Å².